The molecule has 5 rings (SSSR count). The Hall–Kier alpha value is -1.05. The van der Waals surface area contributed by atoms with Crippen LogP contribution in [0.1, 0.15) is 55.0 Å². The summed E-state index contributed by atoms with van der Waals surface area (Å²) >= 11 is 17.8. The van der Waals surface area contributed by atoms with E-state index in [0.717, 1.165) is 43.6 Å². The van der Waals surface area contributed by atoms with Crippen molar-refractivity contribution in [3.63, 3.8) is 0 Å². The van der Waals surface area contributed by atoms with Crippen molar-refractivity contribution in [1.29, 1.82) is 0 Å². The van der Waals surface area contributed by atoms with Crippen molar-refractivity contribution in [3.05, 3.63) is 50.6 Å². The molecule has 0 saturated carbocycles. The van der Waals surface area contributed by atoms with E-state index < -0.39 is 0 Å². The Morgan fingerprint density at radius 1 is 1.03 bits per heavy atom. The highest BCUT2D eigenvalue weighted by Crippen LogP contribution is 2.44. The van der Waals surface area contributed by atoms with Crippen molar-refractivity contribution >= 4 is 78.5 Å². The van der Waals surface area contributed by atoms with Crippen LogP contribution < -0.4 is 0 Å². The largest absolute Gasteiger partial charge is 0.241 e. The van der Waals surface area contributed by atoms with E-state index in [1.54, 1.807) is 34.9 Å². The minimum atomic E-state index is 0.417. The fourth-order valence-electron chi connectivity index (χ4n) is 4.39. The van der Waals surface area contributed by atoms with Crippen LogP contribution in [0.5, 0.6) is 0 Å². The number of hydrogen-bond donors (Lipinski definition) is 0. The molecule has 0 radical (unpaired) electrons. The third-order valence-corrected chi connectivity index (χ3v) is 9.38. The van der Waals surface area contributed by atoms with Gasteiger partial charge < -0.3 is 0 Å². The predicted octanol–water partition coefficient (Wildman–Crippen LogP) is 8.56. The first-order chi connectivity index (χ1) is 15.5. The SMILES string of the molecule is CSc1nc(SCc2c(Cl)cccc2Cl)c2sc3nc(C(C)C)c4c(c3c2n1)CCCC4. The van der Waals surface area contributed by atoms with Crippen LogP contribution in [0.2, 0.25) is 10.0 Å². The van der Waals surface area contributed by atoms with Crippen molar-refractivity contribution in [2.24, 2.45) is 0 Å². The lowest BCUT2D eigenvalue weighted by Gasteiger charge is -2.21. The second-order valence-corrected chi connectivity index (χ2v) is 11.8. The molecule has 0 spiro atoms. The standard InChI is InChI=1S/C24H23Cl2N3S3/c1-12(2)19-14-8-5-4-7-13(14)18-20-21(32-22(18)27-19)23(29-24(28-20)30-3)31-11-15-16(25)9-6-10-17(15)26/h6,9-10,12H,4-5,7-8,11H2,1-3H3. The number of halogens is 2. The maximum atomic E-state index is 6.42. The van der Waals surface area contributed by atoms with E-state index in [2.05, 4.69) is 13.8 Å². The Morgan fingerprint density at radius 2 is 1.75 bits per heavy atom. The van der Waals surface area contributed by atoms with Gasteiger partial charge in [-0.25, -0.2) is 15.0 Å². The highest BCUT2D eigenvalue weighted by molar-refractivity contribution is 7.99. The van der Waals surface area contributed by atoms with Crippen LogP contribution in [-0.2, 0) is 18.6 Å². The minimum absolute atomic E-state index is 0.417. The highest BCUT2D eigenvalue weighted by atomic mass is 35.5. The van der Waals surface area contributed by atoms with Gasteiger partial charge in [0.25, 0.3) is 0 Å². The van der Waals surface area contributed by atoms with Crippen molar-refractivity contribution in [2.75, 3.05) is 6.26 Å². The van der Waals surface area contributed by atoms with Gasteiger partial charge in [-0.05, 0) is 66.7 Å². The maximum Gasteiger partial charge on any atom is 0.189 e. The Balaban J connectivity index is 1.70. The van der Waals surface area contributed by atoms with Gasteiger partial charge in [0.2, 0.25) is 0 Å². The molecule has 3 heterocycles. The second kappa shape index (κ2) is 9.30. The van der Waals surface area contributed by atoms with Crippen molar-refractivity contribution < 1.29 is 0 Å². The van der Waals surface area contributed by atoms with Crippen LogP contribution in [0, 0.1) is 0 Å². The normalized spacial score (nSPS) is 13.9. The third-order valence-electron chi connectivity index (χ3n) is 5.91. The third kappa shape index (κ3) is 4.03. The number of pyridine rings is 1. The number of hydrogen-bond acceptors (Lipinski definition) is 6. The van der Waals surface area contributed by atoms with Gasteiger partial charge >= 0.3 is 0 Å². The lowest BCUT2D eigenvalue weighted by atomic mass is 9.86. The van der Waals surface area contributed by atoms with E-state index in [9.17, 15) is 0 Å². The van der Waals surface area contributed by atoms with Crippen LogP contribution in [0.15, 0.2) is 28.4 Å². The number of benzene rings is 1. The van der Waals surface area contributed by atoms with Crippen LogP contribution in [0.4, 0.5) is 0 Å². The molecule has 0 fully saturated rings. The average molecular weight is 521 g/mol. The summed E-state index contributed by atoms with van der Waals surface area (Å²) in [5, 5.41) is 4.40. The number of aryl methyl sites for hydroxylation is 1. The van der Waals surface area contributed by atoms with Crippen molar-refractivity contribution in [3.8, 4) is 0 Å². The molecule has 0 atom stereocenters. The molecule has 0 saturated heterocycles. The molecule has 0 unspecified atom stereocenters. The molecule has 4 aromatic rings. The molecule has 0 N–H and O–H groups in total. The summed E-state index contributed by atoms with van der Waals surface area (Å²) in [5.41, 5.74) is 6.18. The summed E-state index contributed by atoms with van der Waals surface area (Å²) < 4.78 is 1.12. The van der Waals surface area contributed by atoms with Crippen molar-refractivity contribution in [1.82, 2.24) is 15.0 Å². The van der Waals surface area contributed by atoms with Gasteiger partial charge in [-0.1, -0.05) is 66.6 Å². The summed E-state index contributed by atoms with van der Waals surface area (Å²) in [4.78, 5) is 16.1. The second-order valence-electron chi connectivity index (χ2n) is 8.28. The lowest BCUT2D eigenvalue weighted by molar-refractivity contribution is 0.667. The van der Waals surface area contributed by atoms with Crippen LogP contribution in [0.3, 0.4) is 0 Å². The summed E-state index contributed by atoms with van der Waals surface area (Å²) in [6.45, 7) is 4.49. The quantitative estimate of drug-likeness (QED) is 0.150. The smallest absolute Gasteiger partial charge is 0.189 e. The molecule has 3 nitrogen and oxygen atoms in total. The van der Waals surface area contributed by atoms with E-state index >= 15 is 0 Å². The predicted molar refractivity (Wildman–Crippen MR) is 141 cm³/mol. The Morgan fingerprint density at radius 3 is 2.44 bits per heavy atom. The first-order valence-electron chi connectivity index (χ1n) is 10.7. The van der Waals surface area contributed by atoms with Gasteiger partial charge in [-0.3, -0.25) is 0 Å². The zero-order valence-corrected chi connectivity index (χ0v) is 22.1. The van der Waals surface area contributed by atoms with Gasteiger partial charge in [0, 0.05) is 26.9 Å². The Labute approximate surface area is 210 Å². The number of thiophene rings is 1. The molecule has 0 amide bonds. The molecule has 1 aromatic carbocycles. The Kier molecular flexibility index (Phi) is 6.61. The molecular weight excluding hydrogens is 497 g/mol. The van der Waals surface area contributed by atoms with Crippen LogP contribution >= 0.6 is 58.1 Å². The number of aromatic nitrogens is 3. The van der Waals surface area contributed by atoms with E-state index in [-0.39, 0.29) is 0 Å². The number of fused-ring (bicyclic) bond motifs is 5. The summed E-state index contributed by atoms with van der Waals surface area (Å²) in [5.74, 6) is 1.08. The van der Waals surface area contributed by atoms with Gasteiger partial charge in [0.05, 0.1) is 10.2 Å². The van der Waals surface area contributed by atoms with E-state index in [4.69, 9.17) is 38.2 Å². The fourth-order valence-corrected chi connectivity index (χ4v) is 7.81. The summed E-state index contributed by atoms with van der Waals surface area (Å²) in [6, 6.07) is 5.64. The van der Waals surface area contributed by atoms with Gasteiger partial charge in [-0.2, -0.15) is 0 Å². The zero-order valence-electron chi connectivity index (χ0n) is 18.2. The fraction of sp³-hybridized carbons (Fsp3) is 0.375. The van der Waals surface area contributed by atoms with Gasteiger partial charge in [0.15, 0.2) is 5.16 Å². The molecule has 0 bridgehead atoms. The lowest BCUT2D eigenvalue weighted by Crippen LogP contribution is -2.10. The van der Waals surface area contributed by atoms with Gasteiger partial charge in [-0.15, -0.1) is 11.3 Å². The number of thioether (sulfide) groups is 2. The van der Waals surface area contributed by atoms with E-state index in [0.29, 0.717) is 21.7 Å². The molecule has 3 aromatic heterocycles. The topological polar surface area (TPSA) is 38.7 Å². The first kappa shape index (κ1) is 22.7. The van der Waals surface area contributed by atoms with Crippen LogP contribution in [0.25, 0.3) is 20.4 Å². The average Bonchev–Trinajstić information content (AvgIpc) is 3.16. The van der Waals surface area contributed by atoms with Crippen LogP contribution in [-0.4, -0.2) is 21.2 Å². The Bertz CT molecular complexity index is 1310. The van der Waals surface area contributed by atoms with E-state index in [1.807, 2.05) is 24.5 Å². The molecule has 32 heavy (non-hydrogen) atoms. The molecular formula is C24H23Cl2N3S3. The maximum absolute atomic E-state index is 6.42. The van der Waals surface area contributed by atoms with E-state index in [1.165, 1.54) is 35.0 Å². The highest BCUT2D eigenvalue weighted by Gasteiger charge is 2.25. The minimum Gasteiger partial charge on any atom is -0.241 e. The molecule has 0 aliphatic heterocycles. The number of nitrogens with zero attached hydrogens (tertiary/aromatic N) is 3. The molecule has 8 heteroatoms. The summed E-state index contributed by atoms with van der Waals surface area (Å²) in [7, 11) is 0. The monoisotopic (exact) mass is 519 g/mol. The molecule has 166 valence electrons. The van der Waals surface area contributed by atoms with Crippen molar-refractivity contribution in [2.45, 2.75) is 61.4 Å². The number of rotatable bonds is 5. The van der Waals surface area contributed by atoms with Gasteiger partial charge in [0.1, 0.15) is 9.86 Å². The molecule has 1 aliphatic rings. The zero-order chi connectivity index (χ0) is 22.4. The molecule has 1 aliphatic carbocycles. The summed E-state index contributed by atoms with van der Waals surface area (Å²) in [6.07, 6.45) is 6.73. The first-order valence-corrected chi connectivity index (χ1v) is 14.5.